The molecule has 0 aliphatic heterocycles. The van der Waals surface area contributed by atoms with Gasteiger partial charge in [-0.05, 0) is 23.6 Å². The van der Waals surface area contributed by atoms with Crippen LogP contribution in [-0.4, -0.2) is 40.9 Å². The van der Waals surface area contributed by atoms with E-state index in [4.69, 9.17) is 14.2 Å². The first-order valence-electron chi connectivity index (χ1n) is 11.8. The predicted octanol–water partition coefficient (Wildman–Crippen LogP) is 5.30. The number of hydrogen-bond donors (Lipinski definition) is 1. The van der Waals surface area contributed by atoms with E-state index in [0.29, 0.717) is 16.8 Å². The maximum Gasteiger partial charge on any atom is 0.348 e. The van der Waals surface area contributed by atoms with Crippen LogP contribution in [0.3, 0.4) is 0 Å². The van der Waals surface area contributed by atoms with Gasteiger partial charge in [-0.3, -0.25) is 0 Å². The summed E-state index contributed by atoms with van der Waals surface area (Å²) in [6.07, 6.45) is 2.24. The second kappa shape index (κ2) is 12.0. The molecule has 7 heteroatoms. The molecule has 0 bridgehead atoms. The van der Waals surface area contributed by atoms with Crippen LogP contribution in [0.15, 0.2) is 103 Å². The van der Waals surface area contributed by atoms with Crippen molar-refractivity contribution in [3.63, 3.8) is 0 Å². The Kier molecular flexibility index (Phi) is 8.28. The second-order valence-corrected chi connectivity index (χ2v) is 8.26. The minimum absolute atomic E-state index is 0.115. The molecular weight excluding hydrogens is 468 g/mol. The lowest BCUT2D eigenvalue weighted by Crippen LogP contribution is -2.51. The van der Waals surface area contributed by atoms with Gasteiger partial charge in [0.15, 0.2) is 5.60 Å². The van der Waals surface area contributed by atoms with E-state index in [1.165, 1.54) is 7.11 Å². The fraction of sp³-hybridized carbons (Fsp3) is 0.167. The highest BCUT2D eigenvalue weighted by molar-refractivity contribution is 5.76. The van der Waals surface area contributed by atoms with Crippen molar-refractivity contribution in [1.82, 2.24) is 9.97 Å². The van der Waals surface area contributed by atoms with Crippen LogP contribution in [-0.2, 0) is 15.1 Å². The van der Waals surface area contributed by atoms with E-state index >= 15 is 0 Å². The lowest BCUT2D eigenvalue weighted by atomic mass is 9.81. The quantitative estimate of drug-likeness (QED) is 0.301. The highest BCUT2D eigenvalue weighted by atomic mass is 16.6. The molecule has 0 aliphatic carbocycles. The zero-order valence-electron chi connectivity index (χ0n) is 20.7. The summed E-state index contributed by atoms with van der Waals surface area (Å²) in [6, 6.07) is 29.7. The topological polar surface area (TPSA) is 90.8 Å². The minimum atomic E-state index is -1.53. The average molecular weight is 497 g/mol. The number of hydrogen-bond acceptors (Lipinski definition) is 6. The van der Waals surface area contributed by atoms with Crippen molar-refractivity contribution in [3.8, 4) is 11.9 Å². The molecule has 1 heterocycles. The summed E-state index contributed by atoms with van der Waals surface area (Å²) in [4.78, 5) is 21.4. The summed E-state index contributed by atoms with van der Waals surface area (Å²) in [5, 5.41) is 10.5. The third-order valence-electron chi connectivity index (χ3n) is 5.76. The summed E-state index contributed by atoms with van der Waals surface area (Å²) in [7, 11) is 1.47. The molecule has 0 saturated heterocycles. The molecular formula is C30H28N2O5. The van der Waals surface area contributed by atoms with Gasteiger partial charge in [-0.15, -0.1) is 0 Å². The lowest BCUT2D eigenvalue weighted by Gasteiger charge is -2.38. The number of nitrogens with zero attached hydrogens (tertiary/aromatic N) is 2. The first kappa shape index (κ1) is 25.6. The Morgan fingerprint density at radius 3 is 2.03 bits per heavy atom. The number of carboxylic acids is 1. The van der Waals surface area contributed by atoms with Crippen LogP contribution in [0.25, 0.3) is 6.08 Å². The fourth-order valence-electron chi connectivity index (χ4n) is 4.09. The van der Waals surface area contributed by atoms with E-state index in [0.717, 1.165) is 5.56 Å². The summed E-state index contributed by atoms with van der Waals surface area (Å²) in [5.74, 6) is -0.966. The van der Waals surface area contributed by atoms with E-state index in [2.05, 4.69) is 9.97 Å². The molecule has 0 fully saturated rings. The van der Waals surface area contributed by atoms with Gasteiger partial charge in [0.1, 0.15) is 0 Å². The Bertz CT molecular complexity index is 1290. The molecule has 188 valence electrons. The van der Waals surface area contributed by atoms with Crippen LogP contribution in [0.4, 0.5) is 0 Å². The smallest absolute Gasteiger partial charge is 0.348 e. The Balaban J connectivity index is 1.82. The zero-order valence-corrected chi connectivity index (χ0v) is 20.7. The molecule has 0 saturated carbocycles. The molecule has 0 radical (unpaired) electrons. The van der Waals surface area contributed by atoms with Gasteiger partial charge < -0.3 is 19.3 Å². The summed E-state index contributed by atoms with van der Waals surface area (Å²) in [5.41, 5.74) is 1.27. The van der Waals surface area contributed by atoms with Gasteiger partial charge >= 0.3 is 12.0 Å². The van der Waals surface area contributed by atoms with Crippen LogP contribution in [0, 0.1) is 6.92 Å². The van der Waals surface area contributed by atoms with Crippen molar-refractivity contribution in [1.29, 1.82) is 0 Å². The maximum absolute atomic E-state index is 12.9. The van der Waals surface area contributed by atoms with Crippen LogP contribution in [0.2, 0.25) is 0 Å². The Labute approximate surface area is 216 Å². The largest absolute Gasteiger partial charge is 0.481 e. The Morgan fingerprint density at radius 1 is 0.919 bits per heavy atom. The van der Waals surface area contributed by atoms with Gasteiger partial charge in [0.05, 0.1) is 13.7 Å². The molecule has 4 rings (SSSR count). The number of methoxy groups -OCH3 is 1. The second-order valence-electron chi connectivity index (χ2n) is 8.26. The Morgan fingerprint density at radius 2 is 1.49 bits per heavy atom. The van der Waals surface area contributed by atoms with Crippen molar-refractivity contribution in [2.45, 2.75) is 18.6 Å². The minimum Gasteiger partial charge on any atom is -0.481 e. The Hall–Kier alpha value is -4.49. The van der Waals surface area contributed by atoms with E-state index in [-0.39, 0.29) is 18.5 Å². The van der Waals surface area contributed by atoms with Crippen molar-refractivity contribution >= 4 is 12.0 Å². The molecule has 0 spiro atoms. The summed E-state index contributed by atoms with van der Waals surface area (Å²) >= 11 is 0. The molecule has 0 aliphatic rings. The maximum atomic E-state index is 12.9. The van der Waals surface area contributed by atoms with Crippen molar-refractivity contribution in [2.24, 2.45) is 0 Å². The van der Waals surface area contributed by atoms with Gasteiger partial charge in [0.2, 0.25) is 12.0 Å². The number of rotatable bonds is 11. The third kappa shape index (κ3) is 6.02. The van der Waals surface area contributed by atoms with Crippen LogP contribution < -0.4 is 9.47 Å². The fourth-order valence-corrected chi connectivity index (χ4v) is 4.09. The van der Waals surface area contributed by atoms with Gasteiger partial charge in [0, 0.05) is 11.8 Å². The van der Waals surface area contributed by atoms with Gasteiger partial charge in [-0.1, -0.05) is 103 Å². The van der Waals surface area contributed by atoms with Crippen molar-refractivity contribution in [3.05, 3.63) is 126 Å². The van der Waals surface area contributed by atoms with Crippen molar-refractivity contribution < 1.29 is 24.1 Å². The van der Waals surface area contributed by atoms with E-state index in [9.17, 15) is 9.90 Å². The number of aromatic nitrogens is 2. The molecule has 1 atom stereocenters. The third-order valence-corrected chi connectivity index (χ3v) is 5.76. The number of carboxylic acid groups (broad SMARTS) is 1. The van der Waals surface area contributed by atoms with Crippen LogP contribution >= 0.6 is 0 Å². The monoisotopic (exact) mass is 496 g/mol. The molecule has 1 aromatic heterocycles. The number of aliphatic carboxylic acids is 1. The molecule has 1 unspecified atom stereocenters. The SMILES string of the molecule is COc1cc(C)nc(OC(C(=O)O)C(OCC=Cc2ccccc2)(c2ccccc2)c2ccccc2)n1. The standard InChI is InChI=1S/C30H28N2O5/c1-22-21-26(35-2)32-29(31-22)37-27(28(33)34)30(24-16-8-4-9-17-24,25-18-10-5-11-19-25)36-20-12-15-23-13-6-3-7-14-23/h3-19,21,27H,20H2,1-2H3,(H,33,34). The highest BCUT2D eigenvalue weighted by Gasteiger charge is 2.50. The first-order valence-corrected chi connectivity index (χ1v) is 11.8. The molecule has 3 aromatic carbocycles. The number of ether oxygens (including phenoxy) is 3. The number of carbonyl (C=O) groups is 1. The van der Waals surface area contributed by atoms with E-state index < -0.39 is 17.7 Å². The van der Waals surface area contributed by atoms with Gasteiger partial charge in [-0.2, -0.15) is 4.98 Å². The van der Waals surface area contributed by atoms with Gasteiger partial charge in [-0.25, -0.2) is 9.78 Å². The molecule has 0 amide bonds. The van der Waals surface area contributed by atoms with Gasteiger partial charge in [0.25, 0.3) is 0 Å². The summed E-state index contributed by atoms with van der Waals surface area (Å²) < 4.78 is 17.8. The van der Waals surface area contributed by atoms with Crippen LogP contribution in [0.1, 0.15) is 22.4 Å². The molecule has 1 N–H and O–H groups in total. The molecule has 37 heavy (non-hydrogen) atoms. The van der Waals surface area contributed by atoms with Crippen molar-refractivity contribution in [2.75, 3.05) is 13.7 Å². The lowest BCUT2D eigenvalue weighted by molar-refractivity contribution is -0.162. The highest BCUT2D eigenvalue weighted by Crippen LogP contribution is 2.39. The normalized spacial score (nSPS) is 12.3. The molecule has 4 aromatic rings. The average Bonchev–Trinajstić information content (AvgIpc) is 2.93. The van der Waals surface area contributed by atoms with E-state index in [1.807, 2.05) is 103 Å². The van der Waals surface area contributed by atoms with E-state index in [1.54, 1.807) is 13.0 Å². The summed E-state index contributed by atoms with van der Waals surface area (Å²) in [6.45, 7) is 1.86. The number of benzene rings is 3. The zero-order chi connectivity index (χ0) is 26.1. The number of aryl methyl sites for hydroxylation is 1. The molecule has 7 nitrogen and oxygen atoms in total. The first-order chi connectivity index (χ1) is 18.0. The van der Waals surface area contributed by atoms with Crippen LogP contribution in [0.5, 0.6) is 11.9 Å². The predicted molar refractivity (Wildman–Crippen MR) is 140 cm³/mol.